The molecular formula is C28H42N6O5. The van der Waals surface area contributed by atoms with Gasteiger partial charge in [0.25, 0.3) is 0 Å². The molecule has 4 N–H and O–H groups in total. The topological polar surface area (TPSA) is 140 Å². The highest BCUT2D eigenvalue weighted by molar-refractivity contribution is 5.92. The number of nitrogens with one attached hydrogen (secondary N) is 4. The summed E-state index contributed by atoms with van der Waals surface area (Å²) in [5, 5.41) is 11.0. The highest BCUT2D eigenvalue weighted by atomic mass is 16.2. The number of benzene rings is 1. The van der Waals surface area contributed by atoms with E-state index in [4.69, 9.17) is 0 Å². The van der Waals surface area contributed by atoms with Crippen molar-refractivity contribution < 1.29 is 24.0 Å². The molecule has 2 fully saturated rings. The molecule has 39 heavy (non-hydrogen) atoms. The van der Waals surface area contributed by atoms with Gasteiger partial charge in [-0.25, -0.2) is 0 Å². The Bertz CT molecular complexity index is 1020. The Morgan fingerprint density at radius 1 is 0.949 bits per heavy atom. The normalized spacial score (nSPS) is 20.1. The van der Waals surface area contributed by atoms with Crippen LogP contribution in [0.2, 0.25) is 0 Å². The Kier molecular flexibility index (Phi) is 10.8. The quantitative estimate of drug-likeness (QED) is 0.252. The Morgan fingerprint density at radius 3 is 2.26 bits per heavy atom. The molecule has 0 bridgehead atoms. The van der Waals surface area contributed by atoms with Crippen molar-refractivity contribution in [3.63, 3.8) is 0 Å². The molecule has 3 rings (SSSR count). The van der Waals surface area contributed by atoms with E-state index in [0.29, 0.717) is 39.0 Å². The largest absolute Gasteiger partial charge is 0.346 e. The summed E-state index contributed by atoms with van der Waals surface area (Å²) in [7, 11) is 1.69. The molecule has 2 heterocycles. The number of hydrogen-bond acceptors (Lipinski definition) is 6. The predicted molar refractivity (Wildman–Crippen MR) is 146 cm³/mol. The molecule has 0 aromatic heterocycles. The first-order valence-electron chi connectivity index (χ1n) is 13.7. The van der Waals surface area contributed by atoms with E-state index >= 15 is 0 Å². The number of amides is 5. The Labute approximate surface area is 230 Å². The molecule has 3 atom stereocenters. The molecule has 2 aliphatic heterocycles. The van der Waals surface area contributed by atoms with Gasteiger partial charge in [-0.05, 0) is 44.2 Å². The van der Waals surface area contributed by atoms with Gasteiger partial charge in [0.05, 0.1) is 19.1 Å². The monoisotopic (exact) mass is 542 g/mol. The van der Waals surface area contributed by atoms with E-state index in [1.807, 2.05) is 44.2 Å². The van der Waals surface area contributed by atoms with Gasteiger partial charge in [-0.15, -0.1) is 0 Å². The van der Waals surface area contributed by atoms with E-state index in [9.17, 15) is 24.0 Å². The number of likely N-dealkylation sites (N-methyl/N-ethyl adjacent to an activating group) is 1. The molecule has 1 spiro atoms. The van der Waals surface area contributed by atoms with Crippen LogP contribution in [0.4, 0.5) is 0 Å². The van der Waals surface area contributed by atoms with Crippen LogP contribution in [0.1, 0.15) is 38.7 Å². The van der Waals surface area contributed by atoms with Gasteiger partial charge in [-0.3, -0.25) is 24.0 Å². The Balaban J connectivity index is 1.45. The first-order valence-corrected chi connectivity index (χ1v) is 13.7. The number of rotatable bonds is 13. The van der Waals surface area contributed by atoms with E-state index in [1.165, 1.54) is 0 Å². The molecule has 0 aliphatic carbocycles. The SMILES string of the molecule is CNC(Cc1ccccc1)C(=O)NCC(=O)NC(CC(C)C)C(=O)NCC(=O)N1CCC2(CCN(C=O)C2)C1. The van der Waals surface area contributed by atoms with Crippen molar-refractivity contribution in [2.75, 3.05) is 46.3 Å². The first kappa shape index (κ1) is 30.1. The average molecular weight is 543 g/mol. The minimum atomic E-state index is -0.826. The van der Waals surface area contributed by atoms with Crippen LogP contribution in [0.5, 0.6) is 0 Å². The molecule has 11 heteroatoms. The highest BCUT2D eigenvalue weighted by Gasteiger charge is 2.44. The average Bonchev–Trinajstić information content (AvgIpc) is 3.54. The predicted octanol–water partition coefficient (Wildman–Crippen LogP) is -0.339. The standard InChI is InChI=1S/C28H42N6O5/c1-20(2)13-23(32-24(36)15-30-26(38)22(29-3)14-21-7-5-4-6-8-21)27(39)31-16-25(37)34-12-10-28(18-34)9-11-33(17-28)19-35/h4-8,19-20,22-23,29H,9-18H2,1-3H3,(H,30,38)(H,31,39)(H,32,36). The molecular weight excluding hydrogens is 500 g/mol. The summed E-state index contributed by atoms with van der Waals surface area (Å²) in [6, 6.07) is 8.25. The van der Waals surface area contributed by atoms with Crippen LogP contribution in [0, 0.1) is 11.3 Å². The maximum atomic E-state index is 12.9. The summed E-state index contributed by atoms with van der Waals surface area (Å²) >= 11 is 0. The third kappa shape index (κ3) is 8.77. The number of likely N-dealkylation sites (tertiary alicyclic amines) is 2. The van der Waals surface area contributed by atoms with Crippen LogP contribution in [-0.4, -0.2) is 98.2 Å². The lowest BCUT2D eigenvalue weighted by atomic mass is 9.86. The number of carbonyl (C=O) groups excluding carboxylic acids is 5. The van der Waals surface area contributed by atoms with Crippen molar-refractivity contribution in [1.29, 1.82) is 0 Å². The van der Waals surface area contributed by atoms with Gasteiger partial charge in [0, 0.05) is 31.6 Å². The second-order valence-electron chi connectivity index (χ2n) is 11.1. The van der Waals surface area contributed by atoms with Gasteiger partial charge in [-0.1, -0.05) is 44.2 Å². The molecule has 214 valence electrons. The fourth-order valence-electron chi connectivity index (χ4n) is 5.35. The smallest absolute Gasteiger partial charge is 0.243 e. The molecule has 2 saturated heterocycles. The minimum absolute atomic E-state index is 0.0490. The third-order valence-corrected chi connectivity index (χ3v) is 7.55. The van der Waals surface area contributed by atoms with Crippen LogP contribution < -0.4 is 21.3 Å². The van der Waals surface area contributed by atoms with Crippen molar-refractivity contribution in [3.05, 3.63) is 35.9 Å². The maximum Gasteiger partial charge on any atom is 0.243 e. The van der Waals surface area contributed by atoms with Crippen molar-refractivity contribution in [1.82, 2.24) is 31.1 Å². The molecule has 11 nitrogen and oxygen atoms in total. The van der Waals surface area contributed by atoms with Gasteiger partial charge in [0.2, 0.25) is 30.0 Å². The van der Waals surface area contributed by atoms with E-state index in [2.05, 4.69) is 21.3 Å². The van der Waals surface area contributed by atoms with Crippen molar-refractivity contribution >= 4 is 30.0 Å². The molecule has 5 amide bonds. The summed E-state index contributed by atoms with van der Waals surface area (Å²) in [6.45, 7) is 6.01. The number of nitrogens with zero attached hydrogens (tertiary/aromatic N) is 2. The summed E-state index contributed by atoms with van der Waals surface area (Å²) in [4.78, 5) is 65.5. The van der Waals surface area contributed by atoms with Crippen LogP contribution in [0.3, 0.4) is 0 Å². The van der Waals surface area contributed by atoms with E-state index in [1.54, 1.807) is 16.8 Å². The minimum Gasteiger partial charge on any atom is -0.346 e. The highest BCUT2D eigenvalue weighted by Crippen LogP contribution is 2.38. The van der Waals surface area contributed by atoms with Gasteiger partial charge in [-0.2, -0.15) is 0 Å². The lowest BCUT2D eigenvalue weighted by Gasteiger charge is -2.24. The molecule has 1 aromatic carbocycles. The Hall–Kier alpha value is -3.47. The zero-order valence-electron chi connectivity index (χ0n) is 23.2. The first-order chi connectivity index (χ1) is 18.6. The van der Waals surface area contributed by atoms with E-state index in [-0.39, 0.29) is 36.2 Å². The van der Waals surface area contributed by atoms with Crippen LogP contribution in [-0.2, 0) is 30.4 Å². The zero-order valence-corrected chi connectivity index (χ0v) is 23.2. The maximum absolute atomic E-state index is 12.9. The van der Waals surface area contributed by atoms with Gasteiger partial charge >= 0.3 is 0 Å². The number of hydrogen-bond donors (Lipinski definition) is 4. The number of carbonyl (C=O) groups is 5. The van der Waals surface area contributed by atoms with Crippen molar-refractivity contribution in [2.24, 2.45) is 11.3 Å². The molecule has 0 saturated carbocycles. The lowest BCUT2D eigenvalue weighted by Crippen LogP contribution is -2.53. The van der Waals surface area contributed by atoms with E-state index < -0.39 is 23.9 Å². The summed E-state index contributed by atoms with van der Waals surface area (Å²) < 4.78 is 0. The molecule has 1 aromatic rings. The van der Waals surface area contributed by atoms with Crippen molar-refractivity contribution in [3.8, 4) is 0 Å². The third-order valence-electron chi connectivity index (χ3n) is 7.55. The zero-order chi connectivity index (χ0) is 28.4. The molecule has 2 aliphatic rings. The molecule has 0 radical (unpaired) electrons. The fourth-order valence-corrected chi connectivity index (χ4v) is 5.35. The van der Waals surface area contributed by atoms with Crippen LogP contribution in [0.25, 0.3) is 0 Å². The summed E-state index contributed by atoms with van der Waals surface area (Å²) in [5.74, 6) is -1.28. The second kappa shape index (κ2) is 14.1. The van der Waals surface area contributed by atoms with Crippen LogP contribution in [0.15, 0.2) is 30.3 Å². The lowest BCUT2D eigenvalue weighted by molar-refractivity contribution is -0.134. The second-order valence-corrected chi connectivity index (χ2v) is 11.1. The molecule has 3 unspecified atom stereocenters. The Morgan fingerprint density at radius 2 is 1.62 bits per heavy atom. The fraction of sp³-hybridized carbons (Fsp3) is 0.607. The van der Waals surface area contributed by atoms with Crippen molar-refractivity contribution in [2.45, 2.75) is 51.6 Å². The van der Waals surface area contributed by atoms with Crippen LogP contribution >= 0.6 is 0 Å². The van der Waals surface area contributed by atoms with Gasteiger partial charge in [0.1, 0.15) is 6.04 Å². The summed E-state index contributed by atoms with van der Waals surface area (Å²) in [6.07, 6.45) is 3.44. The van der Waals surface area contributed by atoms with Gasteiger partial charge in [0.15, 0.2) is 0 Å². The summed E-state index contributed by atoms with van der Waals surface area (Å²) in [5.41, 5.74) is 0.946. The van der Waals surface area contributed by atoms with E-state index in [0.717, 1.165) is 24.8 Å². The van der Waals surface area contributed by atoms with Gasteiger partial charge < -0.3 is 31.1 Å².